The Bertz CT molecular complexity index is 185. The molecule has 1 heterocycles. The number of hydrogen-bond acceptors (Lipinski definition) is 2. The van der Waals surface area contributed by atoms with Gasteiger partial charge in [-0.25, -0.2) is 0 Å². The fraction of sp³-hybridized carbons (Fsp3) is 0.818. The summed E-state index contributed by atoms with van der Waals surface area (Å²) in [4.78, 5) is 0. The molecule has 2 unspecified atom stereocenters. The van der Waals surface area contributed by atoms with E-state index in [4.69, 9.17) is 9.84 Å². The molecule has 1 aliphatic heterocycles. The maximum absolute atomic E-state index is 9.10. The molecule has 1 aliphatic rings. The molecule has 76 valence electrons. The summed E-state index contributed by atoms with van der Waals surface area (Å²) in [6.07, 6.45) is 4.94. The van der Waals surface area contributed by atoms with Crippen LogP contribution in [0.25, 0.3) is 0 Å². The van der Waals surface area contributed by atoms with E-state index in [1.807, 2.05) is 0 Å². The zero-order chi connectivity index (χ0) is 9.84. The van der Waals surface area contributed by atoms with Crippen LogP contribution in [-0.2, 0) is 4.74 Å². The third-order valence-corrected chi connectivity index (χ3v) is 2.59. The van der Waals surface area contributed by atoms with Crippen LogP contribution in [0.1, 0.15) is 33.6 Å². The summed E-state index contributed by atoms with van der Waals surface area (Å²) in [5, 5.41) is 9.10. The maximum atomic E-state index is 9.10. The van der Waals surface area contributed by atoms with Gasteiger partial charge >= 0.3 is 0 Å². The summed E-state index contributed by atoms with van der Waals surface area (Å²) in [5.41, 5.74) is 1.10. The van der Waals surface area contributed by atoms with E-state index in [0.29, 0.717) is 12.0 Å². The second-order valence-corrected chi connectivity index (χ2v) is 4.12. The molecule has 13 heavy (non-hydrogen) atoms. The molecule has 0 aromatic heterocycles. The Morgan fingerprint density at radius 3 is 2.62 bits per heavy atom. The van der Waals surface area contributed by atoms with Gasteiger partial charge in [0, 0.05) is 0 Å². The predicted molar refractivity (Wildman–Crippen MR) is 53.6 cm³/mol. The monoisotopic (exact) mass is 184 g/mol. The Balaban J connectivity index is 2.52. The van der Waals surface area contributed by atoms with Gasteiger partial charge < -0.3 is 9.84 Å². The van der Waals surface area contributed by atoms with Crippen LogP contribution in [0, 0.1) is 5.92 Å². The maximum Gasteiger partial charge on any atom is 0.0763 e. The van der Waals surface area contributed by atoms with Gasteiger partial charge in [0.15, 0.2) is 0 Å². The number of hydrogen-bond donors (Lipinski definition) is 1. The Morgan fingerprint density at radius 2 is 2.23 bits per heavy atom. The Kier molecular flexibility index (Phi) is 3.94. The van der Waals surface area contributed by atoms with Crippen molar-refractivity contribution in [2.75, 3.05) is 6.61 Å². The fourth-order valence-electron chi connectivity index (χ4n) is 1.62. The first-order valence-electron chi connectivity index (χ1n) is 5.10. The van der Waals surface area contributed by atoms with Crippen molar-refractivity contribution in [2.45, 2.75) is 45.8 Å². The van der Waals surface area contributed by atoms with Gasteiger partial charge in [0.05, 0.1) is 18.8 Å². The standard InChI is InChI=1S/C11H20O2/c1-8(2)10(7-12)6-11-5-4-9(3)13-11/h6,8-9,11-12H,4-5,7H2,1-3H3/b10-6+. The lowest BCUT2D eigenvalue weighted by Crippen LogP contribution is -2.09. The molecule has 1 N–H and O–H groups in total. The quantitative estimate of drug-likeness (QED) is 0.681. The molecule has 0 aliphatic carbocycles. The minimum Gasteiger partial charge on any atom is -0.392 e. The zero-order valence-electron chi connectivity index (χ0n) is 8.79. The summed E-state index contributed by atoms with van der Waals surface area (Å²) in [6.45, 7) is 6.45. The molecular weight excluding hydrogens is 164 g/mol. The molecule has 0 saturated carbocycles. The van der Waals surface area contributed by atoms with Crippen molar-refractivity contribution in [1.29, 1.82) is 0 Å². The minimum atomic E-state index is 0.159. The second kappa shape index (κ2) is 4.77. The van der Waals surface area contributed by atoms with E-state index in [0.717, 1.165) is 18.4 Å². The van der Waals surface area contributed by atoms with Gasteiger partial charge in [-0.3, -0.25) is 0 Å². The Morgan fingerprint density at radius 1 is 1.54 bits per heavy atom. The van der Waals surface area contributed by atoms with Crippen LogP contribution in [0.5, 0.6) is 0 Å². The predicted octanol–water partition coefficient (Wildman–Crippen LogP) is 2.13. The summed E-state index contributed by atoms with van der Waals surface area (Å²) in [5.74, 6) is 0.421. The topological polar surface area (TPSA) is 29.5 Å². The van der Waals surface area contributed by atoms with Crippen molar-refractivity contribution in [3.63, 3.8) is 0 Å². The van der Waals surface area contributed by atoms with E-state index >= 15 is 0 Å². The average molecular weight is 184 g/mol. The molecule has 0 radical (unpaired) electrons. The third kappa shape index (κ3) is 3.12. The van der Waals surface area contributed by atoms with Crippen molar-refractivity contribution in [3.8, 4) is 0 Å². The highest BCUT2D eigenvalue weighted by atomic mass is 16.5. The highest BCUT2D eigenvalue weighted by Crippen LogP contribution is 2.22. The molecule has 0 aromatic rings. The normalized spacial score (nSPS) is 30.1. The van der Waals surface area contributed by atoms with Gasteiger partial charge in [-0.1, -0.05) is 19.9 Å². The highest BCUT2D eigenvalue weighted by molar-refractivity contribution is 5.09. The lowest BCUT2D eigenvalue weighted by Gasteiger charge is -2.12. The number of aliphatic hydroxyl groups excluding tert-OH is 1. The minimum absolute atomic E-state index is 0.159. The first-order valence-corrected chi connectivity index (χ1v) is 5.10. The molecule has 0 spiro atoms. The van der Waals surface area contributed by atoms with Gasteiger partial charge in [-0.15, -0.1) is 0 Å². The van der Waals surface area contributed by atoms with E-state index in [1.165, 1.54) is 0 Å². The van der Waals surface area contributed by atoms with Gasteiger partial charge in [0.1, 0.15) is 0 Å². The Hall–Kier alpha value is -0.340. The van der Waals surface area contributed by atoms with E-state index in [2.05, 4.69) is 26.8 Å². The molecule has 1 saturated heterocycles. The van der Waals surface area contributed by atoms with Crippen molar-refractivity contribution in [2.24, 2.45) is 5.92 Å². The summed E-state index contributed by atoms with van der Waals surface area (Å²) >= 11 is 0. The van der Waals surface area contributed by atoms with Gasteiger partial charge in [-0.05, 0) is 31.3 Å². The highest BCUT2D eigenvalue weighted by Gasteiger charge is 2.20. The second-order valence-electron chi connectivity index (χ2n) is 4.12. The Labute approximate surface area is 80.6 Å². The van der Waals surface area contributed by atoms with Crippen LogP contribution >= 0.6 is 0 Å². The van der Waals surface area contributed by atoms with Crippen LogP contribution < -0.4 is 0 Å². The van der Waals surface area contributed by atoms with E-state index in [1.54, 1.807) is 0 Å². The molecule has 1 rings (SSSR count). The lowest BCUT2D eigenvalue weighted by atomic mass is 10.0. The molecular formula is C11H20O2. The summed E-state index contributed by atoms with van der Waals surface area (Å²) in [7, 11) is 0. The van der Waals surface area contributed by atoms with E-state index in [9.17, 15) is 0 Å². The smallest absolute Gasteiger partial charge is 0.0763 e. The largest absolute Gasteiger partial charge is 0.392 e. The average Bonchev–Trinajstić information content (AvgIpc) is 2.46. The van der Waals surface area contributed by atoms with Crippen molar-refractivity contribution in [3.05, 3.63) is 11.6 Å². The van der Waals surface area contributed by atoms with Crippen LogP contribution in [0.15, 0.2) is 11.6 Å². The van der Waals surface area contributed by atoms with Crippen molar-refractivity contribution >= 4 is 0 Å². The molecule has 2 nitrogen and oxygen atoms in total. The van der Waals surface area contributed by atoms with Crippen LogP contribution in [-0.4, -0.2) is 23.9 Å². The first kappa shape index (κ1) is 10.7. The van der Waals surface area contributed by atoms with E-state index < -0.39 is 0 Å². The van der Waals surface area contributed by atoms with Crippen LogP contribution in [0.4, 0.5) is 0 Å². The fourth-order valence-corrected chi connectivity index (χ4v) is 1.62. The number of aliphatic hydroxyl groups is 1. The van der Waals surface area contributed by atoms with Crippen molar-refractivity contribution < 1.29 is 9.84 Å². The zero-order valence-corrected chi connectivity index (χ0v) is 8.79. The van der Waals surface area contributed by atoms with Gasteiger partial charge in [0.25, 0.3) is 0 Å². The van der Waals surface area contributed by atoms with Gasteiger partial charge in [-0.2, -0.15) is 0 Å². The van der Waals surface area contributed by atoms with Gasteiger partial charge in [0.2, 0.25) is 0 Å². The third-order valence-electron chi connectivity index (χ3n) is 2.59. The summed E-state index contributed by atoms with van der Waals surface area (Å²) < 4.78 is 5.66. The number of ether oxygens (including phenoxy) is 1. The SMILES string of the molecule is CC1CCC(/C=C(\CO)C(C)C)O1. The molecule has 0 amide bonds. The van der Waals surface area contributed by atoms with Crippen LogP contribution in [0.2, 0.25) is 0 Å². The molecule has 0 aromatic carbocycles. The van der Waals surface area contributed by atoms with Crippen molar-refractivity contribution in [1.82, 2.24) is 0 Å². The molecule has 1 fully saturated rings. The summed E-state index contributed by atoms with van der Waals surface area (Å²) in [6, 6.07) is 0. The molecule has 0 bridgehead atoms. The molecule has 2 atom stereocenters. The lowest BCUT2D eigenvalue weighted by molar-refractivity contribution is 0.0821. The number of rotatable bonds is 3. The van der Waals surface area contributed by atoms with Crippen LogP contribution in [0.3, 0.4) is 0 Å². The molecule has 2 heteroatoms. The first-order chi connectivity index (χ1) is 6.13. The van der Waals surface area contributed by atoms with E-state index in [-0.39, 0.29) is 12.7 Å².